The van der Waals surface area contributed by atoms with Gasteiger partial charge in [0.2, 0.25) is 0 Å². The Labute approximate surface area is 162 Å². The first-order chi connectivity index (χ1) is 13.7. The van der Waals surface area contributed by atoms with Crippen molar-refractivity contribution in [3.8, 4) is 5.75 Å². The molecular weight excluding hydrogens is 350 g/mol. The first-order valence-corrected chi connectivity index (χ1v) is 9.53. The molecule has 4 heteroatoms. The van der Waals surface area contributed by atoms with Gasteiger partial charge < -0.3 is 10.1 Å². The van der Waals surface area contributed by atoms with Gasteiger partial charge in [-0.2, -0.15) is 0 Å². The van der Waals surface area contributed by atoms with Crippen molar-refractivity contribution < 1.29 is 14.3 Å². The number of hydrogen-bond donors (Lipinski definition) is 1. The molecule has 28 heavy (non-hydrogen) atoms. The second kappa shape index (κ2) is 5.63. The van der Waals surface area contributed by atoms with E-state index < -0.39 is 0 Å². The smallest absolute Gasteiger partial charge is 0.194 e. The van der Waals surface area contributed by atoms with E-state index >= 15 is 0 Å². The maximum atomic E-state index is 13.2. The minimum Gasteiger partial charge on any atom is -0.489 e. The maximum Gasteiger partial charge on any atom is 0.194 e. The van der Waals surface area contributed by atoms with Crippen LogP contribution in [0.25, 0.3) is 0 Å². The molecule has 0 spiro atoms. The van der Waals surface area contributed by atoms with Gasteiger partial charge in [0, 0.05) is 33.9 Å². The van der Waals surface area contributed by atoms with Crippen molar-refractivity contribution in [1.29, 1.82) is 0 Å². The highest BCUT2D eigenvalue weighted by Gasteiger charge is 2.50. The highest BCUT2D eigenvalue weighted by atomic mass is 16.5. The molecule has 1 aliphatic heterocycles. The largest absolute Gasteiger partial charge is 0.489 e. The van der Waals surface area contributed by atoms with E-state index in [1.807, 2.05) is 36.4 Å². The average Bonchev–Trinajstić information content (AvgIpc) is 3.40. The molecule has 1 N–H and O–H groups in total. The minimum atomic E-state index is -0.0916. The highest BCUT2D eigenvalue weighted by molar-refractivity contribution is 6.29. The summed E-state index contributed by atoms with van der Waals surface area (Å²) in [5, 5.41) is 3.44. The highest BCUT2D eigenvalue weighted by Crippen LogP contribution is 2.50. The summed E-state index contributed by atoms with van der Waals surface area (Å²) >= 11 is 0. The van der Waals surface area contributed by atoms with Crippen LogP contribution in [0.4, 0.5) is 0 Å². The molecule has 0 radical (unpaired) electrons. The van der Waals surface area contributed by atoms with Crippen LogP contribution in [0.1, 0.15) is 54.6 Å². The fraction of sp³-hybridized carbons (Fsp3) is 0.167. The zero-order chi connectivity index (χ0) is 18.8. The standard InChI is InChI=1S/C24H17NO3/c26-23-14-8-4-5-9-15(14)24(27)20-16-10-18-22(25-18)21(16)19(11-17(20)23)28-12-13-6-2-1-3-7-13/h1-9,11,18,22,25H,10,12H2/t18-,22-/m1/s1. The van der Waals surface area contributed by atoms with Gasteiger partial charge >= 0.3 is 0 Å². The third-order valence-corrected chi connectivity index (χ3v) is 5.98. The molecular formula is C24H17NO3. The summed E-state index contributed by atoms with van der Waals surface area (Å²) in [5.74, 6) is 0.582. The zero-order valence-electron chi connectivity index (χ0n) is 15.1. The number of benzene rings is 3. The molecule has 3 aromatic rings. The van der Waals surface area contributed by atoms with Gasteiger partial charge in [-0.15, -0.1) is 0 Å². The van der Waals surface area contributed by atoms with Crippen LogP contribution in [0.5, 0.6) is 5.75 Å². The summed E-state index contributed by atoms with van der Waals surface area (Å²) in [4.78, 5) is 26.4. The summed E-state index contributed by atoms with van der Waals surface area (Å²) in [7, 11) is 0. The van der Waals surface area contributed by atoms with E-state index in [1.165, 1.54) is 0 Å². The molecule has 0 amide bonds. The average molecular weight is 367 g/mol. The van der Waals surface area contributed by atoms with Crippen molar-refractivity contribution in [3.63, 3.8) is 0 Å². The first kappa shape index (κ1) is 15.8. The van der Waals surface area contributed by atoms with Crippen molar-refractivity contribution in [2.24, 2.45) is 0 Å². The van der Waals surface area contributed by atoms with Crippen molar-refractivity contribution >= 4 is 11.6 Å². The van der Waals surface area contributed by atoms with E-state index in [0.717, 1.165) is 28.9 Å². The van der Waals surface area contributed by atoms with Crippen molar-refractivity contribution in [3.05, 3.63) is 99.6 Å². The zero-order valence-corrected chi connectivity index (χ0v) is 15.1. The molecule has 2 aliphatic carbocycles. The van der Waals surface area contributed by atoms with Crippen LogP contribution < -0.4 is 10.1 Å². The van der Waals surface area contributed by atoms with E-state index in [-0.39, 0.29) is 17.6 Å². The van der Waals surface area contributed by atoms with E-state index in [4.69, 9.17) is 4.74 Å². The third kappa shape index (κ3) is 2.15. The van der Waals surface area contributed by atoms with Crippen LogP contribution >= 0.6 is 0 Å². The number of nitrogens with one attached hydrogen (secondary N) is 1. The van der Waals surface area contributed by atoms with Gasteiger partial charge in [0.25, 0.3) is 0 Å². The van der Waals surface area contributed by atoms with Gasteiger partial charge in [0.15, 0.2) is 11.6 Å². The molecule has 4 nitrogen and oxygen atoms in total. The fourth-order valence-electron chi connectivity index (χ4n) is 4.59. The Morgan fingerprint density at radius 1 is 0.893 bits per heavy atom. The molecule has 1 heterocycles. The fourth-order valence-corrected chi connectivity index (χ4v) is 4.59. The van der Waals surface area contributed by atoms with Crippen LogP contribution in [0.15, 0.2) is 60.7 Å². The number of hydrogen-bond acceptors (Lipinski definition) is 4. The normalized spacial score (nSPS) is 20.9. The first-order valence-electron chi connectivity index (χ1n) is 9.53. The topological polar surface area (TPSA) is 65.3 Å². The third-order valence-electron chi connectivity index (χ3n) is 5.98. The lowest BCUT2D eigenvalue weighted by molar-refractivity contribution is 0.0978. The van der Waals surface area contributed by atoms with Gasteiger partial charge in [-0.25, -0.2) is 0 Å². The molecule has 6 rings (SSSR count). The van der Waals surface area contributed by atoms with E-state index in [2.05, 4.69) is 5.32 Å². The maximum absolute atomic E-state index is 13.2. The molecule has 0 aromatic heterocycles. The number of ether oxygens (including phenoxy) is 1. The number of ketones is 2. The van der Waals surface area contributed by atoms with E-state index in [1.54, 1.807) is 24.3 Å². The van der Waals surface area contributed by atoms with Gasteiger partial charge in [-0.1, -0.05) is 54.6 Å². The van der Waals surface area contributed by atoms with E-state index in [0.29, 0.717) is 34.9 Å². The molecule has 0 unspecified atom stereocenters. The van der Waals surface area contributed by atoms with Crippen LogP contribution in [0.2, 0.25) is 0 Å². The van der Waals surface area contributed by atoms with Crippen molar-refractivity contribution in [2.45, 2.75) is 25.1 Å². The van der Waals surface area contributed by atoms with Gasteiger partial charge in [0.1, 0.15) is 12.4 Å². The number of rotatable bonds is 3. The lowest BCUT2D eigenvalue weighted by Crippen LogP contribution is -2.24. The quantitative estimate of drug-likeness (QED) is 0.562. The monoisotopic (exact) mass is 367 g/mol. The van der Waals surface area contributed by atoms with Crippen molar-refractivity contribution in [1.82, 2.24) is 5.32 Å². The number of fused-ring (bicyclic) bond motifs is 6. The summed E-state index contributed by atoms with van der Waals surface area (Å²) in [6.07, 6.45) is 0.770. The Morgan fingerprint density at radius 2 is 1.61 bits per heavy atom. The second-order valence-electron chi connectivity index (χ2n) is 7.62. The Kier molecular flexibility index (Phi) is 3.17. The van der Waals surface area contributed by atoms with Crippen LogP contribution in [-0.4, -0.2) is 17.6 Å². The number of carbonyl (C=O) groups is 2. The summed E-state index contributed by atoms with van der Waals surface area (Å²) in [6.45, 7) is 0.433. The Bertz CT molecular complexity index is 1170. The molecule has 0 saturated carbocycles. The molecule has 1 fully saturated rings. The summed E-state index contributed by atoms with van der Waals surface area (Å²) in [6, 6.07) is 19.4. The van der Waals surface area contributed by atoms with Gasteiger partial charge in [-0.3, -0.25) is 9.59 Å². The molecule has 1 saturated heterocycles. The Morgan fingerprint density at radius 3 is 2.39 bits per heavy atom. The Balaban J connectivity index is 1.49. The summed E-state index contributed by atoms with van der Waals surface area (Å²) < 4.78 is 6.17. The predicted octanol–water partition coefficient (Wildman–Crippen LogP) is 3.61. The van der Waals surface area contributed by atoms with E-state index in [9.17, 15) is 9.59 Å². The van der Waals surface area contributed by atoms with Gasteiger partial charge in [0.05, 0.1) is 6.04 Å². The van der Waals surface area contributed by atoms with Crippen molar-refractivity contribution in [2.75, 3.05) is 0 Å². The Hall–Kier alpha value is -3.24. The molecule has 0 bridgehead atoms. The van der Waals surface area contributed by atoms with Crippen LogP contribution in [-0.2, 0) is 13.0 Å². The number of carbonyl (C=O) groups excluding carboxylic acids is 2. The second-order valence-corrected chi connectivity index (χ2v) is 7.62. The SMILES string of the molecule is O=C1c2ccccc2C(=O)c2c1cc(OCc1ccccc1)c1c2C[C@H]2N[C@@H]12. The molecule has 2 atom stereocenters. The van der Waals surface area contributed by atoms with Gasteiger partial charge in [-0.05, 0) is 23.6 Å². The van der Waals surface area contributed by atoms with Crippen LogP contribution in [0.3, 0.4) is 0 Å². The predicted molar refractivity (Wildman–Crippen MR) is 104 cm³/mol. The lowest BCUT2D eigenvalue weighted by atomic mass is 9.80. The minimum absolute atomic E-state index is 0.0441. The molecule has 3 aliphatic rings. The summed E-state index contributed by atoms with van der Waals surface area (Å²) in [5.41, 5.74) is 5.16. The molecule has 3 aromatic carbocycles. The van der Waals surface area contributed by atoms with Crippen LogP contribution in [0, 0.1) is 0 Å². The lowest BCUT2D eigenvalue weighted by Gasteiger charge is -2.23. The molecule has 136 valence electrons.